The zero-order valence-electron chi connectivity index (χ0n) is 12.8. The van der Waals surface area contributed by atoms with Gasteiger partial charge in [0.15, 0.2) is 0 Å². The number of hydrogen-bond acceptors (Lipinski definition) is 4. The van der Waals surface area contributed by atoms with E-state index in [9.17, 15) is 14.0 Å². The second-order valence-corrected chi connectivity index (χ2v) is 6.55. The molecule has 1 aromatic carbocycles. The summed E-state index contributed by atoms with van der Waals surface area (Å²) in [7, 11) is 0. The van der Waals surface area contributed by atoms with Crippen LogP contribution in [0.4, 0.5) is 4.39 Å². The van der Waals surface area contributed by atoms with Gasteiger partial charge in [0, 0.05) is 0 Å². The molecule has 5 nitrogen and oxygen atoms in total. The van der Waals surface area contributed by atoms with Gasteiger partial charge in [-0.3, -0.25) is 14.0 Å². The van der Waals surface area contributed by atoms with Crippen LogP contribution in [0.15, 0.2) is 24.3 Å². The van der Waals surface area contributed by atoms with Crippen LogP contribution in [0, 0.1) is 0 Å². The van der Waals surface area contributed by atoms with Crippen molar-refractivity contribution in [3.05, 3.63) is 35.4 Å². The molecule has 0 aliphatic rings. The molecule has 0 saturated carbocycles. The molecule has 0 saturated heterocycles. The molecule has 128 valence electrons. The normalized spacial score (nSPS) is 13.5. The number of aryl methyl sites for hydroxylation is 2. The Balaban J connectivity index is 2.43. The van der Waals surface area contributed by atoms with Crippen LogP contribution in [-0.2, 0) is 22.4 Å². The lowest BCUT2D eigenvalue weighted by molar-refractivity contribution is -0.139. The van der Waals surface area contributed by atoms with Gasteiger partial charge in [0.25, 0.3) is 0 Å². The first-order valence-electron chi connectivity index (χ1n) is 7.40. The van der Waals surface area contributed by atoms with Crippen LogP contribution in [0.25, 0.3) is 0 Å². The van der Waals surface area contributed by atoms with E-state index in [1.807, 2.05) is 24.3 Å². The molecule has 0 bridgehead atoms. The first kappa shape index (κ1) is 19.4. The van der Waals surface area contributed by atoms with E-state index in [0.717, 1.165) is 11.1 Å². The molecule has 2 unspecified atom stereocenters. The van der Waals surface area contributed by atoms with Crippen molar-refractivity contribution in [3.63, 3.8) is 0 Å². The highest BCUT2D eigenvalue weighted by Crippen LogP contribution is 2.19. The van der Waals surface area contributed by atoms with E-state index >= 15 is 0 Å². The minimum absolute atomic E-state index is 0.0997. The number of carboxylic acid groups (broad SMARTS) is 2. The second-order valence-electron chi connectivity index (χ2n) is 5.24. The number of halogens is 1. The third kappa shape index (κ3) is 7.47. The van der Waals surface area contributed by atoms with Gasteiger partial charge >= 0.3 is 11.9 Å². The summed E-state index contributed by atoms with van der Waals surface area (Å²) in [6, 6.07) is 6.63. The quantitative estimate of drug-likeness (QED) is 0.569. The van der Waals surface area contributed by atoms with Gasteiger partial charge in [-0.25, -0.2) is 0 Å². The first-order chi connectivity index (χ1) is 10.9. The van der Waals surface area contributed by atoms with Crippen molar-refractivity contribution < 1.29 is 24.2 Å². The van der Waals surface area contributed by atoms with Crippen LogP contribution in [0.2, 0.25) is 0 Å². The van der Waals surface area contributed by atoms with Gasteiger partial charge in [0.2, 0.25) is 0 Å². The summed E-state index contributed by atoms with van der Waals surface area (Å²) in [6.45, 7) is -0.326. The lowest BCUT2D eigenvalue weighted by Crippen LogP contribution is -2.35. The smallest absolute Gasteiger partial charge is 0.320 e. The number of carboxylic acids is 2. The van der Waals surface area contributed by atoms with E-state index in [1.54, 1.807) is 0 Å². The van der Waals surface area contributed by atoms with Crippen LogP contribution in [0.3, 0.4) is 0 Å². The zero-order valence-corrected chi connectivity index (χ0v) is 13.6. The fourth-order valence-electron chi connectivity index (χ4n) is 2.03. The van der Waals surface area contributed by atoms with Gasteiger partial charge in [-0.1, -0.05) is 24.3 Å². The Labute approximate surface area is 139 Å². The van der Waals surface area contributed by atoms with Crippen LogP contribution < -0.4 is 5.73 Å². The fraction of sp³-hybridized carbons (Fsp3) is 0.500. The number of alkyl halides is 1. The van der Waals surface area contributed by atoms with Crippen LogP contribution >= 0.6 is 11.8 Å². The molecular formula is C16H22FNO4S. The Kier molecular flexibility index (Phi) is 8.65. The van der Waals surface area contributed by atoms with E-state index in [4.69, 9.17) is 15.9 Å². The number of aliphatic carboxylic acids is 2. The summed E-state index contributed by atoms with van der Waals surface area (Å²) in [4.78, 5) is 21.9. The maximum absolute atomic E-state index is 12.1. The average molecular weight is 343 g/mol. The number of nitrogens with two attached hydrogens (primary N) is 1. The van der Waals surface area contributed by atoms with Crippen LogP contribution in [0.1, 0.15) is 24.0 Å². The zero-order chi connectivity index (χ0) is 17.2. The minimum Gasteiger partial charge on any atom is -0.480 e. The molecule has 1 rings (SSSR count). The number of rotatable bonds is 11. The van der Waals surface area contributed by atoms with Gasteiger partial charge in [-0.05, 0) is 42.6 Å². The standard InChI is InChI=1S/C16H22FNO4S/c17-8-1-2-11-3-5-12(6-4-11)7-9-23-14(16(21)22)10-13(18)15(19)20/h3-6,13-14H,1-2,7-10,18H2,(H,19,20)(H,21,22). The molecule has 0 spiro atoms. The second kappa shape index (κ2) is 10.2. The Bertz CT molecular complexity index is 509. The Morgan fingerprint density at radius 3 is 2.13 bits per heavy atom. The summed E-state index contributed by atoms with van der Waals surface area (Å²) in [5.41, 5.74) is 7.53. The summed E-state index contributed by atoms with van der Waals surface area (Å²) in [5.74, 6) is -1.68. The van der Waals surface area contributed by atoms with Gasteiger partial charge in [-0.15, -0.1) is 11.8 Å². The monoisotopic (exact) mass is 343 g/mol. The molecule has 0 aliphatic heterocycles. The van der Waals surface area contributed by atoms with Crippen molar-refractivity contribution in [2.45, 2.75) is 37.0 Å². The largest absolute Gasteiger partial charge is 0.480 e. The van der Waals surface area contributed by atoms with Crippen molar-refractivity contribution >= 4 is 23.7 Å². The predicted octanol–water partition coefficient (Wildman–Crippen LogP) is 2.12. The number of thioether (sulfide) groups is 1. The van der Waals surface area contributed by atoms with E-state index in [2.05, 4.69) is 0 Å². The molecule has 4 N–H and O–H groups in total. The van der Waals surface area contributed by atoms with Gasteiger partial charge < -0.3 is 15.9 Å². The maximum atomic E-state index is 12.1. The van der Waals surface area contributed by atoms with Crippen molar-refractivity contribution in [1.29, 1.82) is 0 Å². The molecule has 23 heavy (non-hydrogen) atoms. The van der Waals surface area contributed by atoms with Crippen molar-refractivity contribution in [2.75, 3.05) is 12.4 Å². The molecule has 0 aliphatic carbocycles. The molecule has 0 fully saturated rings. The average Bonchev–Trinajstić information content (AvgIpc) is 2.52. The van der Waals surface area contributed by atoms with E-state index in [0.29, 0.717) is 25.0 Å². The van der Waals surface area contributed by atoms with Crippen LogP contribution in [0.5, 0.6) is 0 Å². The number of benzene rings is 1. The molecule has 7 heteroatoms. The fourth-order valence-corrected chi connectivity index (χ4v) is 3.16. The van der Waals surface area contributed by atoms with Crippen molar-refractivity contribution in [3.8, 4) is 0 Å². The summed E-state index contributed by atoms with van der Waals surface area (Å²) in [6.07, 6.45) is 1.80. The number of carbonyl (C=O) groups is 2. The summed E-state index contributed by atoms with van der Waals surface area (Å²) in [5, 5.41) is 17.0. The highest BCUT2D eigenvalue weighted by atomic mass is 32.2. The Morgan fingerprint density at radius 1 is 1.09 bits per heavy atom. The predicted molar refractivity (Wildman–Crippen MR) is 88.6 cm³/mol. The lowest BCUT2D eigenvalue weighted by atomic mass is 10.1. The number of hydrogen-bond donors (Lipinski definition) is 3. The SMILES string of the molecule is NC(CC(SCCc1ccc(CCCF)cc1)C(=O)O)C(=O)O. The molecule has 1 aromatic rings. The summed E-state index contributed by atoms with van der Waals surface area (Å²) < 4.78 is 12.1. The summed E-state index contributed by atoms with van der Waals surface area (Å²) >= 11 is 1.20. The highest BCUT2D eigenvalue weighted by molar-refractivity contribution is 8.00. The highest BCUT2D eigenvalue weighted by Gasteiger charge is 2.24. The van der Waals surface area contributed by atoms with Gasteiger partial charge in [-0.2, -0.15) is 0 Å². The van der Waals surface area contributed by atoms with E-state index in [-0.39, 0.29) is 13.1 Å². The molecule has 0 aromatic heterocycles. The minimum atomic E-state index is -1.19. The molecule has 2 atom stereocenters. The van der Waals surface area contributed by atoms with E-state index in [1.165, 1.54) is 11.8 Å². The molecule has 0 heterocycles. The van der Waals surface area contributed by atoms with E-state index < -0.39 is 23.2 Å². The third-order valence-corrected chi connectivity index (χ3v) is 4.63. The third-order valence-electron chi connectivity index (χ3n) is 3.39. The Hall–Kier alpha value is -1.60. The Morgan fingerprint density at radius 2 is 1.65 bits per heavy atom. The topological polar surface area (TPSA) is 101 Å². The van der Waals surface area contributed by atoms with Gasteiger partial charge in [0.1, 0.15) is 11.3 Å². The van der Waals surface area contributed by atoms with Gasteiger partial charge in [0.05, 0.1) is 6.67 Å². The molecular weight excluding hydrogens is 321 g/mol. The molecule has 0 radical (unpaired) electrons. The first-order valence-corrected chi connectivity index (χ1v) is 8.45. The lowest BCUT2D eigenvalue weighted by Gasteiger charge is -2.14. The van der Waals surface area contributed by atoms with Crippen molar-refractivity contribution in [1.82, 2.24) is 0 Å². The maximum Gasteiger partial charge on any atom is 0.320 e. The van der Waals surface area contributed by atoms with Crippen LogP contribution in [-0.4, -0.2) is 45.9 Å². The molecule has 0 amide bonds. The van der Waals surface area contributed by atoms with Crippen molar-refractivity contribution in [2.24, 2.45) is 5.73 Å².